The van der Waals surface area contributed by atoms with E-state index in [0.29, 0.717) is 21.6 Å². The van der Waals surface area contributed by atoms with Gasteiger partial charge < -0.3 is 5.32 Å². The minimum Gasteiger partial charge on any atom is -0.306 e. The van der Waals surface area contributed by atoms with Gasteiger partial charge >= 0.3 is 0 Å². The Kier molecular flexibility index (Phi) is 5.76. The molecule has 0 bridgehead atoms. The molecule has 2 aromatic carbocycles. The van der Waals surface area contributed by atoms with Crippen LogP contribution in [-0.2, 0) is 6.54 Å². The minimum atomic E-state index is 0.189. The smallest absolute Gasteiger partial charge is 0.0652 e. The van der Waals surface area contributed by atoms with Crippen LogP contribution < -0.4 is 5.32 Å². The lowest BCUT2D eigenvalue weighted by atomic mass is 10.1. The highest BCUT2D eigenvalue weighted by atomic mass is 79.9. The molecule has 0 aromatic heterocycles. The maximum Gasteiger partial charge on any atom is 0.0652 e. The van der Waals surface area contributed by atoms with Gasteiger partial charge in [0, 0.05) is 27.6 Å². The Morgan fingerprint density at radius 3 is 2.25 bits per heavy atom. The molecular formula is C15H13BrCl3N. The normalized spacial score (nSPS) is 12.4. The Morgan fingerprint density at radius 1 is 1.00 bits per heavy atom. The predicted molar refractivity (Wildman–Crippen MR) is 90.9 cm³/mol. The second kappa shape index (κ2) is 7.15. The average Bonchev–Trinajstić information content (AvgIpc) is 2.43. The van der Waals surface area contributed by atoms with E-state index in [9.17, 15) is 0 Å². The third-order valence-electron chi connectivity index (χ3n) is 3.09. The molecule has 1 nitrogen and oxygen atoms in total. The first-order chi connectivity index (χ1) is 9.49. The summed E-state index contributed by atoms with van der Waals surface area (Å²) >= 11 is 21.8. The lowest BCUT2D eigenvalue weighted by molar-refractivity contribution is 0.575. The van der Waals surface area contributed by atoms with Crippen molar-refractivity contribution in [3.05, 3.63) is 67.1 Å². The Bertz CT molecular complexity index is 599. The number of nitrogens with one attached hydrogen (secondary N) is 1. The van der Waals surface area contributed by atoms with Gasteiger partial charge in [-0.3, -0.25) is 0 Å². The van der Waals surface area contributed by atoms with Gasteiger partial charge in [0.2, 0.25) is 0 Å². The van der Waals surface area contributed by atoms with Gasteiger partial charge in [0.15, 0.2) is 0 Å². The number of halogens is 4. The molecule has 0 spiro atoms. The summed E-state index contributed by atoms with van der Waals surface area (Å²) in [5, 5.41) is 5.05. The molecule has 0 fully saturated rings. The van der Waals surface area contributed by atoms with Crippen LogP contribution in [0.3, 0.4) is 0 Å². The van der Waals surface area contributed by atoms with Gasteiger partial charge in [-0.05, 0) is 36.8 Å². The van der Waals surface area contributed by atoms with Gasteiger partial charge in [0.1, 0.15) is 0 Å². The van der Waals surface area contributed by atoms with Crippen molar-refractivity contribution in [2.45, 2.75) is 19.5 Å². The fourth-order valence-electron chi connectivity index (χ4n) is 1.86. The molecule has 0 saturated carbocycles. The van der Waals surface area contributed by atoms with E-state index >= 15 is 0 Å². The van der Waals surface area contributed by atoms with Crippen LogP contribution in [0.2, 0.25) is 15.1 Å². The zero-order chi connectivity index (χ0) is 14.7. The van der Waals surface area contributed by atoms with Gasteiger partial charge in [0.25, 0.3) is 0 Å². The van der Waals surface area contributed by atoms with E-state index in [0.717, 1.165) is 10.0 Å². The standard InChI is InChI=1S/C15H13BrCl3N/c1-9(10-2-4-11(16)5-3-10)20-8-12-13(17)6-7-14(18)15(12)19/h2-7,9,20H,8H2,1H3. The highest BCUT2D eigenvalue weighted by Crippen LogP contribution is 2.31. The third kappa shape index (κ3) is 3.90. The average molecular weight is 394 g/mol. The quantitative estimate of drug-likeness (QED) is 0.605. The highest BCUT2D eigenvalue weighted by molar-refractivity contribution is 9.10. The lowest BCUT2D eigenvalue weighted by Gasteiger charge is -2.16. The number of benzene rings is 2. The first kappa shape index (κ1) is 16.1. The van der Waals surface area contributed by atoms with E-state index < -0.39 is 0 Å². The second-order valence-electron chi connectivity index (χ2n) is 4.48. The molecule has 0 aliphatic carbocycles. The van der Waals surface area contributed by atoms with Crippen molar-refractivity contribution < 1.29 is 0 Å². The molecule has 2 rings (SSSR count). The van der Waals surface area contributed by atoms with E-state index in [1.165, 1.54) is 5.56 Å². The largest absolute Gasteiger partial charge is 0.306 e. The molecule has 5 heteroatoms. The van der Waals surface area contributed by atoms with Crippen molar-refractivity contribution in [3.8, 4) is 0 Å². The van der Waals surface area contributed by atoms with Gasteiger partial charge in [-0.2, -0.15) is 0 Å². The van der Waals surface area contributed by atoms with Gasteiger partial charge in [0.05, 0.1) is 10.0 Å². The molecule has 20 heavy (non-hydrogen) atoms. The molecule has 0 aliphatic rings. The van der Waals surface area contributed by atoms with Gasteiger partial charge in [-0.25, -0.2) is 0 Å². The Morgan fingerprint density at radius 2 is 1.60 bits per heavy atom. The summed E-state index contributed by atoms with van der Waals surface area (Å²) < 4.78 is 1.06. The van der Waals surface area contributed by atoms with Crippen LogP contribution in [0.25, 0.3) is 0 Å². The summed E-state index contributed by atoms with van der Waals surface area (Å²) in [5.74, 6) is 0. The number of rotatable bonds is 4. The maximum absolute atomic E-state index is 6.19. The lowest BCUT2D eigenvalue weighted by Crippen LogP contribution is -2.18. The monoisotopic (exact) mass is 391 g/mol. The Labute approximate surface area is 142 Å². The second-order valence-corrected chi connectivity index (χ2v) is 6.58. The van der Waals surface area contributed by atoms with Crippen molar-refractivity contribution in [1.29, 1.82) is 0 Å². The van der Waals surface area contributed by atoms with Crippen molar-refractivity contribution in [3.63, 3.8) is 0 Å². The Balaban J connectivity index is 2.09. The van der Waals surface area contributed by atoms with Crippen LogP contribution in [0, 0.1) is 0 Å². The first-order valence-corrected chi connectivity index (χ1v) is 8.03. The van der Waals surface area contributed by atoms with Crippen LogP contribution >= 0.6 is 50.7 Å². The molecule has 1 atom stereocenters. The van der Waals surface area contributed by atoms with Gasteiger partial charge in [-0.1, -0.05) is 62.9 Å². The maximum atomic E-state index is 6.19. The predicted octanol–water partition coefficient (Wildman–Crippen LogP) is 6.26. The van der Waals surface area contributed by atoms with E-state index in [4.69, 9.17) is 34.8 Å². The van der Waals surface area contributed by atoms with E-state index in [1.54, 1.807) is 12.1 Å². The number of hydrogen-bond donors (Lipinski definition) is 1. The van der Waals surface area contributed by atoms with Crippen molar-refractivity contribution in [2.75, 3.05) is 0 Å². The van der Waals surface area contributed by atoms with E-state index in [-0.39, 0.29) is 6.04 Å². The molecule has 2 aromatic rings. The topological polar surface area (TPSA) is 12.0 Å². The minimum absolute atomic E-state index is 0.189. The summed E-state index contributed by atoms with van der Waals surface area (Å²) in [4.78, 5) is 0. The van der Waals surface area contributed by atoms with Crippen LogP contribution in [-0.4, -0.2) is 0 Å². The van der Waals surface area contributed by atoms with Crippen LogP contribution in [0.4, 0.5) is 0 Å². The van der Waals surface area contributed by atoms with Crippen LogP contribution in [0.1, 0.15) is 24.1 Å². The highest BCUT2D eigenvalue weighted by Gasteiger charge is 2.11. The molecule has 0 heterocycles. The molecule has 0 radical (unpaired) electrons. The summed E-state index contributed by atoms with van der Waals surface area (Å²) in [6.07, 6.45) is 0. The van der Waals surface area contributed by atoms with Crippen molar-refractivity contribution in [2.24, 2.45) is 0 Å². The molecule has 106 valence electrons. The van der Waals surface area contributed by atoms with Crippen LogP contribution in [0.15, 0.2) is 40.9 Å². The summed E-state index contributed by atoms with van der Waals surface area (Å²) in [6.45, 7) is 2.66. The van der Waals surface area contributed by atoms with Gasteiger partial charge in [-0.15, -0.1) is 0 Å². The summed E-state index contributed by atoms with van der Waals surface area (Å²) in [5.41, 5.74) is 2.02. The van der Waals surface area contributed by atoms with E-state index in [1.807, 2.05) is 12.1 Å². The SMILES string of the molecule is CC(NCc1c(Cl)ccc(Cl)c1Cl)c1ccc(Br)cc1. The summed E-state index contributed by atoms with van der Waals surface area (Å²) in [6, 6.07) is 11.8. The van der Waals surface area contributed by atoms with Crippen molar-refractivity contribution >= 4 is 50.7 Å². The first-order valence-electron chi connectivity index (χ1n) is 6.10. The molecule has 0 amide bonds. The fourth-order valence-corrected chi connectivity index (χ4v) is 2.80. The molecule has 1 unspecified atom stereocenters. The third-order valence-corrected chi connectivity index (χ3v) is 4.82. The fraction of sp³-hybridized carbons (Fsp3) is 0.200. The van der Waals surface area contributed by atoms with Crippen molar-refractivity contribution in [1.82, 2.24) is 5.32 Å². The van der Waals surface area contributed by atoms with Crippen LogP contribution in [0.5, 0.6) is 0 Å². The Hall–Kier alpha value is -0.250. The molecular weight excluding hydrogens is 380 g/mol. The molecule has 0 saturated heterocycles. The summed E-state index contributed by atoms with van der Waals surface area (Å²) in [7, 11) is 0. The molecule has 0 aliphatic heterocycles. The zero-order valence-electron chi connectivity index (χ0n) is 10.8. The van der Waals surface area contributed by atoms with E-state index in [2.05, 4.69) is 40.3 Å². The number of hydrogen-bond acceptors (Lipinski definition) is 1. The zero-order valence-corrected chi connectivity index (χ0v) is 14.6. The molecule has 1 N–H and O–H groups in total.